The molecule has 0 aliphatic heterocycles. The quantitative estimate of drug-likeness (QED) is 0.310. The Kier molecular flexibility index (Phi) is 8.61. The van der Waals surface area contributed by atoms with Gasteiger partial charge in [0, 0.05) is 5.69 Å². The molecule has 0 aromatic heterocycles. The number of halogens is 2. The van der Waals surface area contributed by atoms with E-state index in [1.54, 1.807) is 19.1 Å². The molecule has 2 N–H and O–H groups in total. The van der Waals surface area contributed by atoms with Crippen molar-refractivity contribution in [2.75, 3.05) is 18.5 Å². The third-order valence-electron chi connectivity index (χ3n) is 3.70. The van der Waals surface area contributed by atoms with Gasteiger partial charge in [0.2, 0.25) is 0 Å². The maximum Gasteiger partial charge on any atom is 0.344 e. The lowest BCUT2D eigenvalue weighted by molar-refractivity contribution is -0.145. The number of carbonyl (C=O) groups excluding carboxylic acids is 2. The van der Waals surface area contributed by atoms with Crippen LogP contribution < -0.4 is 10.1 Å². The van der Waals surface area contributed by atoms with Gasteiger partial charge in [0.25, 0.3) is 5.91 Å². The van der Waals surface area contributed by atoms with E-state index in [0.717, 1.165) is 0 Å². The summed E-state index contributed by atoms with van der Waals surface area (Å²) in [5.41, 5.74) is 0.414. The average Bonchev–Trinajstić information content (AvgIpc) is 2.71. The van der Waals surface area contributed by atoms with Gasteiger partial charge in [-0.1, -0.05) is 17.7 Å². The van der Waals surface area contributed by atoms with E-state index in [1.165, 1.54) is 36.4 Å². The van der Waals surface area contributed by atoms with Crippen LogP contribution in [0, 0.1) is 11.3 Å². The number of rotatable bonds is 8. The van der Waals surface area contributed by atoms with E-state index in [9.17, 15) is 19.6 Å². The van der Waals surface area contributed by atoms with Crippen molar-refractivity contribution < 1.29 is 29.0 Å². The van der Waals surface area contributed by atoms with Crippen molar-refractivity contribution in [3.63, 3.8) is 0 Å². The number of nitrogens with one attached hydrogen (secondary N) is 1. The Morgan fingerprint density at radius 2 is 2.03 bits per heavy atom. The van der Waals surface area contributed by atoms with Gasteiger partial charge in [0.1, 0.15) is 11.6 Å². The summed E-state index contributed by atoms with van der Waals surface area (Å²) < 4.78 is 10.5. The van der Waals surface area contributed by atoms with Crippen LogP contribution in [-0.2, 0) is 14.3 Å². The molecule has 0 unspecified atom stereocenters. The first kappa shape index (κ1) is 23.9. The summed E-state index contributed by atoms with van der Waals surface area (Å²) >= 11 is 9.48. The topological polar surface area (TPSA) is 126 Å². The Morgan fingerprint density at radius 1 is 1.29 bits per heavy atom. The maximum absolute atomic E-state index is 12.4. The summed E-state index contributed by atoms with van der Waals surface area (Å²) in [6, 6.07) is 10.4. The van der Waals surface area contributed by atoms with Crippen LogP contribution in [0.5, 0.6) is 5.75 Å². The molecule has 2 rings (SSSR count). The summed E-state index contributed by atoms with van der Waals surface area (Å²) in [5, 5.41) is 21.0. The Morgan fingerprint density at radius 3 is 2.65 bits per heavy atom. The van der Waals surface area contributed by atoms with E-state index in [0.29, 0.717) is 10.0 Å². The van der Waals surface area contributed by atoms with Crippen molar-refractivity contribution in [2.45, 2.75) is 6.92 Å². The molecule has 0 radical (unpaired) electrons. The molecule has 0 heterocycles. The second kappa shape index (κ2) is 11.2. The highest BCUT2D eigenvalue weighted by Crippen LogP contribution is 2.35. The Hall–Kier alpha value is -3.35. The number of amides is 1. The highest BCUT2D eigenvalue weighted by Gasteiger charge is 2.14. The first-order chi connectivity index (χ1) is 14.7. The number of hydrogen-bond donors (Lipinski definition) is 2. The monoisotopic (exact) mass is 506 g/mol. The number of esters is 1. The van der Waals surface area contributed by atoms with Crippen molar-refractivity contribution in [1.29, 1.82) is 5.26 Å². The van der Waals surface area contributed by atoms with Crippen molar-refractivity contribution >= 4 is 57.1 Å². The molecule has 2 aromatic rings. The van der Waals surface area contributed by atoms with Crippen molar-refractivity contribution in [3.05, 3.63) is 62.6 Å². The zero-order valence-electron chi connectivity index (χ0n) is 16.1. The molecule has 0 bridgehead atoms. The van der Waals surface area contributed by atoms with E-state index >= 15 is 0 Å². The van der Waals surface area contributed by atoms with Crippen LogP contribution in [0.15, 0.2) is 46.4 Å². The fourth-order valence-corrected chi connectivity index (χ4v) is 3.37. The van der Waals surface area contributed by atoms with Crippen LogP contribution in [0.2, 0.25) is 5.02 Å². The van der Waals surface area contributed by atoms with E-state index in [4.69, 9.17) is 26.2 Å². The molecule has 10 heteroatoms. The summed E-state index contributed by atoms with van der Waals surface area (Å²) in [6.07, 6.45) is 1.31. The molecule has 0 aliphatic rings. The van der Waals surface area contributed by atoms with Gasteiger partial charge in [-0.2, -0.15) is 5.26 Å². The highest BCUT2D eigenvalue weighted by molar-refractivity contribution is 9.10. The van der Waals surface area contributed by atoms with Crippen molar-refractivity contribution in [1.82, 2.24) is 0 Å². The minimum absolute atomic E-state index is 0.00518. The first-order valence-electron chi connectivity index (χ1n) is 8.79. The SMILES string of the molecule is CCOC(=O)COc1c(Cl)cc(/C=C(/C#N)C(=O)Nc2cccc(C(=O)O)c2)cc1Br. The number of nitriles is 1. The van der Waals surface area contributed by atoms with Gasteiger partial charge in [0.15, 0.2) is 12.4 Å². The van der Waals surface area contributed by atoms with Gasteiger partial charge in [-0.15, -0.1) is 0 Å². The Bertz CT molecular complexity index is 1070. The Balaban J connectivity index is 2.21. The highest BCUT2D eigenvalue weighted by atomic mass is 79.9. The van der Waals surface area contributed by atoms with Gasteiger partial charge in [-0.3, -0.25) is 4.79 Å². The number of ether oxygens (including phenoxy) is 2. The maximum atomic E-state index is 12.4. The molecule has 8 nitrogen and oxygen atoms in total. The van der Waals surface area contributed by atoms with Gasteiger partial charge < -0.3 is 19.9 Å². The lowest BCUT2D eigenvalue weighted by atomic mass is 10.1. The number of aromatic carboxylic acids is 1. The van der Waals surface area contributed by atoms with Crippen LogP contribution >= 0.6 is 27.5 Å². The van der Waals surface area contributed by atoms with Gasteiger partial charge in [0.05, 0.1) is 21.7 Å². The number of carboxylic acids is 1. The molecule has 31 heavy (non-hydrogen) atoms. The standard InChI is InChI=1S/C21H16BrClN2O6/c1-2-30-18(26)11-31-19-16(22)7-12(8-17(19)23)6-14(10-24)20(27)25-15-5-3-4-13(9-15)21(28)29/h3-9H,2,11H2,1H3,(H,25,27)(H,28,29)/b14-6-. The second-order valence-electron chi connectivity index (χ2n) is 5.92. The summed E-state index contributed by atoms with van der Waals surface area (Å²) in [6.45, 7) is 1.57. The number of nitrogens with zero attached hydrogens (tertiary/aromatic N) is 1. The zero-order chi connectivity index (χ0) is 23.0. The van der Waals surface area contributed by atoms with Gasteiger partial charge in [-0.25, -0.2) is 9.59 Å². The smallest absolute Gasteiger partial charge is 0.344 e. The number of anilines is 1. The third kappa shape index (κ3) is 6.84. The summed E-state index contributed by atoms with van der Waals surface area (Å²) in [5.74, 6) is -2.21. The van der Waals surface area contributed by atoms with E-state index < -0.39 is 17.8 Å². The minimum atomic E-state index is -1.14. The van der Waals surface area contributed by atoms with E-state index in [2.05, 4.69) is 21.2 Å². The van der Waals surface area contributed by atoms with E-state index in [-0.39, 0.29) is 40.8 Å². The molecular formula is C21H16BrClN2O6. The zero-order valence-corrected chi connectivity index (χ0v) is 18.5. The third-order valence-corrected chi connectivity index (χ3v) is 4.57. The van der Waals surface area contributed by atoms with E-state index in [1.807, 2.05) is 0 Å². The van der Waals surface area contributed by atoms with Crippen LogP contribution in [-0.4, -0.2) is 36.2 Å². The largest absolute Gasteiger partial charge is 0.479 e. The lowest BCUT2D eigenvalue weighted by Crippen LogP contribution is -2.15. The fraction of sp³-hybridized carbons (Fsp3) is 0.143. The molecule has 0 fully saturated rings. The predicted molar refractivity (Wildman–Crippen MR) is 117 cm³/mol. The van der Waals surface area contributed by atoms with Crippen LogP contribution in [0.4, 0.5) is 5.69 Å². The minimum Gasteiger partial charge on any atom is -0.479 e. The number of benzene rings is 2. The molecule has 0 saturated heterocycles. The van der Waals surface area contributed by atoms with Crippen molar-refractivity contribution in [2.24, 2.45) is 0 Å². The average molecular weight is 508 g/mol. The van der Waals surface area contributed by atoms with Gasteiger partial charge in [-0.05, 0) is 64.8 Å². The summed E-state index contributed by atoms with van der Waals surface area (Å²) in [7, 11) is 0. The van der Waals surface area contributed by atoms with Crippen LogP contribution in [0.3, 0.4) is 0 Å². The molecule has 2 aromatic carbocycles. The van der Waals surface area contributed by atoms with Crippen LogP contribution in [0.1, 0.15) is 22.8 Å². The Labute approximate surface area is 191 Å². The normalized spacial score (nSPS) is 10.7. The molecule has 1 amide bonds. The lowest BCUT2D eigenvalue weighted by Gasteiger charge is -2.11. The number of carboxylic acid groups (broad SMARTS) is 1. The molecule has 0 spiro atoms. The van der Waals surface area contributed by atoms with Gasteiger partial charge >= 0.3 is 11.9 Å². The first-order valence-corrected chi connectivity index (χ1v) is 9.96. The molecular weight excluding hydrogens is 492 g/mol. The van der Waals surface area contributed by atoms with Crippen molar-refractivity contribution in [3.8, 4) is 11.8 Å². The molecule has 160 valence electrons. The second-order valence-corrected chi connectivity index (χ2v) is 7.18. The number of carbonyl (C=O) groups is 3. The predicted octanol–water partition coefficient (Wildman–Crippen LogP) is 4.29. The summed E-state index contributed by atoms with van der Waals surface area (Å²) in [4.78, 5) is 34.9. The van der Waals surface area contributed by atoms with Crippen LogP contribution in [0.25, 0.3) is 6.08 Å². The molecule has 0 aliphatic carbocycles. The fourth-order valence-electron chi connectivity index (χ4n) is 2.38. The number of hydrogen-bond acceptors (Lipinski definition) is 6. The molecule has 0 saturated carbocycles. The molecule has 0 atom stereocenters.